The van der Waals surface area contributed by atoms with E-state index in [2.05, 4.69) is 5.10 Å². The zero-order valence-electron chi connectivity index (χ0n) is 12.1. The fourth-order valence-electron chi connectivity index (χ4n) is 2.28. The molecule has 1 aromatic heterocycles. The molecule has 0 aliphatic rings. The van der Waals surface area contributed by atoms with Crippen LogP contribution in [0.5, 0.6) is 5.75 Å². The highest BCUT2D eigenvalue weighted by molar-refractivity contribution is 6.30. The first-order valence-electron chi connectivity index (χ1n) is 6.48. The van der Waals surface area contributed by atoms with E-state index in [9.17, 15) is 5.11 Å². The van der Waals surface area contributed by atoms with E-state index < -0.39 is 5.60 Å². The van der Waals surface area contributed by atoms with Crippen molar-refractivity contribution in [1.82, 2.24) is 9.78 Å². The van der Waals surface area contributed by atoms with Crippen LogP contribution in [0.25, 0.3) is 0 Å². The molecule has 0 fully saturated rings. The number of hydrogen-bond acceptors (Lipinski definition) is 3. The molecule has 0 saturated heterocycles. The molecular weight excluding hydrogens is 276 g/mol. The van der Waals surface area contributed by atoms with E-state index in [1.54, 1.807) is 37.0 Å². The molecular formula is C15H19ClN2O2. The maximum absolute atomic E-state index is 11.0. The second-order valence-electron chi connectivity index (χ2n) is 5.18. The Morgan fingerprint density at radius 1 is 1.40 bits per heavy atom. The second kappa shape index (κ2) is 5.46. The van der Waals surface area contributed by atoms with Crippen LogP contribution in [0, 0.1) is 0 Å². The highest BCUT2D eigenvalue weighted by Gasteiger charge is 2.34. The third-order valence-electron chi connectivity index (χ3n) is 3.32. The summed E-state index contributed by atoms with van der Waals surface area (Å²) in [5.41, 5.74) is 0.0831. The first-order chi connectivity index (χ1) is 9.37. The molecule has 20 heavy (non-hydrogen) atoms. The molecule has 0 amide bonds. The third-order valence-corrected chi connectivity index (χ3v) is 3.55. The first-order valence-corrected chi connectivity index (χ1v) is 6.86. The molecule has 0 aliphatic carbocycles. The van der Waals surface area contributed by atoms with Gasteiger partial charge in [-0.1, -0.05) is 23.7 Å². The summed E-state index contributed by atoms with van der Waals surface area (Å²) in [6.45, 7) is 5.73. The molecule has 1 heterocycles. The van der Waals surface area contributed by atoms with Crippen LogP contribution in [-0.4, -0.2) is 22.0 Å². The summed E-state index contributed by atoms with van der Waals surface area (Å²) in [4.78, 5) is 0. The number of hydrogen-bond donors (Lipinski definition) is 1. The van der Waals surface area contributed by atoms with E-state index in [1.807, 2.05) is 26.0 Å². The summed E-state index contributed by atoms with van der Waals surface area (Å²) in [6.07, 6.45) is 1.62. The van der Waals surface area contributed by atoms with E-state index in [4.69, 9.17) is 16.3 Å². The minimum atomic E-state index is -1.24. The highest BCUT2D eigenvalue weighted by atomic mass is 35.5. The van der Waals surface area contributed by atoms with Gasteiger partial charge in [-0.2, -0.15) is 5.10 Å². The number of rotatable bonds is 4. The molecule has 0 bridgehead atoms. The lowest BCUT2D eigenvalue weighted by molar-refractivity contribution is 0.0868. The fraction of sp³-hybridized carbons (Fsp3) is 0.400. The molecule has 0 saturated carbocycles. The molecule has 0 radical (unpaired) electrons. The van der Waals surface area contributed by atoms with Crippen LogP contribution in [0.15, 0.2) is 30.5 Å². The molecule has 1 N–H and O–H groups in total. The minimum absolute atomic E-state index is 0.111. The van der Waals surface area contributed by atoms with Gasteiger partial charge in [-0.25, -0.2) is 0 Å². The molecule has 2 rings (SSSR count). The quantitative estimate of drug-likeness (QED) is 0.940. The number of aliphatic hydroxyl groups is 1. The maximum atomic E-state index is 11.0. The lowest BCUT2D eigenvalue weighted by Gasteiger charge is -2.27. The Bertz CT molecular complexity index is 606. The number of ether oxygens (including phenoxy) is 1. The van der Waals surface area contributed by atoms with Crippen LogP contribution >= 0.6 is 11.6 Å². The van der Waals surface area contributed by atoms with Crippen LogP contribution in [0.2, 0.25) is 5.02 Å². The van der Waals surface area contributed by atoms with Gasteiger partial charge >= 0.3 is 0 Å². The lowest BCUT2D eigenvalue weighted by atomic mass is 9.91. The Labute approximate surface area is 123 Å². The largest absolute Gasteiger partial charge is 0.493 e. The molecule has 4 nitrogen and oxygen atoms in total. The molecule has 0 aliphatic heterocycles. The first kappa shape index (κ1) is 14.9. The van der Waals surface area contributed by atoms with Crippen LogP contribution in [0.1, 0.15) is 38.1 Å². The van der Waals surface area contributed by atoms with Crippen LogP contribution in [-0.2, 0) is 5.60 Å². The number of methoxy groups -OCH3 is 1. The topological polar surface area (TPSA) is 47.3 Å². The molecule has 0 spiro atoms. The number of halogens is 1. The molecule has 5 heteroatoms. The summed E-state index contributed by atoms with van der Waals surface area (Å²) < 4.78 is 7.10. The average Bonchev–Trinajstić information content (AvgIpc) is 2.83. The number of nitrogens with zero attached hydrogens (tertiary/aromatic N) is 2. The predicted octanol–water partition coefficient (Wildman–Crippen LogP) is 3.38. The van der Waals surface area contributed by atoms with Crippen LogP contribution in [0.3, 0.4) is 0 Å². The van der Waals surface area contributed by atoms with Crippen molar-refractivity contribution in [2.24, 2.45) is 0 Å². The van der Waals surface area contributed by atoms with Crippen LogP contribution in [0.4, 0.5) is 0 Å². The summed E-state index contributed by atoms with van der Waals surface area (Å²) in [5, 5.41) is 15.9. The molecule has 1 aromatic carbocycles. The van der Waals surface area contributed by atoms with E-state index >= 15 is 0 Å². The van der Waals surface area contributed by atoms with Crippen molar-refractivity contribution < 1.29 is 9.84 Å². The highest BCUT2D eigenvalue weighted by Crippen LogP contribution is 2.37. The van der Waals surface area contributed by atoms with Gasteiger partial charge in [0.2, 0.25) is 0 Å². The van der Waals surface area contributed by atoms with Crippen molar-refractivity contribution in [2.45, 2.75) is 32.4 Å². The number of aromatic nitrogens is 2. The normalized spacial score (nSPS) is 14.3. The van der Waals surface area contributed by atoms with E-state index in [1.165, 1.54) is 0 Å². The van der Waals surface area contributed by atoms with Crippen molar-refractivity contribution in [3.63, 3.8) is 0 Å². The van der Waals surface area contributed by atoms with Crippen molar-refractivity contribution in [3.05, 3.63) is 46.7 Å². The summed E-state index contributed by atoms with van der Waals surface area (Å²) in [6, 6.07) is 7.29. The Balaban J connectivity index is 2.61. The Morgan fingerprint density at radius 2 is 2.10 bits per heavy atom. The molecule has 2 aromatic rings. The van der Waals surface area contributed by atoms with Crippen molar-refractivity contribution >= 4 is 11.6 Å². The van der Waals surface area contributed by atoms with Crippen LogP contribution < -0.4 is 4.74 Å². The zero-order valence-corrected chi connectivity index (χ0v) is 12.8. The van der Waals surface area contributed by atoms with Gasteiger partial charge in [-0.15, -0.1) is 0 Å². The summed E-state index contributed by atoms with van der Waals surface area (Å²) in [7, 11) is 1.57. The average molecular weight is 295 g/mol. The van der Waals surface area contributed by atoms with E-state index in [0.29, 0.717) is 22.0 Å². The lowest BCUT2D eigenvalue weighted by Crippen LogP contribution is -2.28. The molecule has 1 unspecified atom stereocenters. The summed E-state index contributed by atoms with van der Waals surface area (Å²) >= 11 is 6.02. The Kier molecular flexibility index (Phi) is 4.06. The zero-order chi connectivity index (χ0) is 14.9. The van der Waals surface area contributed by atoms with E-state index in [-0.39, 0.29) is 6.04 Å². The van der Waals surface area contributed by atoms with Crippen molar-refractivity contribution in [2.75, 3.05) is 7.11 Å². The third kappa shape index (κ3) is 2.53. The fourth-order valence-corrected chi connectivity index (χ4v) is 2.47. The predicted molar refractivity (Wildman–Crippen MR) is 79.3 cm³/mol. The SMILES string of the molecule is COc1cnn(C(C)C)c1C(C)(O)c1cccc(Cl)c1. The Hall–Kier alpha value is -1.52. The van der Waals surface area contributed by atoms with Gasteiger partial charge in [0.25, 0.3) is 0 Å². The number of benzene rings is 1. The van der Waals surface area contributed by atoms with Gasteiger partial charge in [0.15, 0.2) is 5.75 Å². The maximum Gasteiger partial charge on any atom is 0.163 e. The standard InChI is InChI=1S/C15H19ClN2O2/c1-10(2)18-14(13(20-4)9-17-18)15(3,19)11-6-5-7-12(16)8-11/h5-10,19H,1-4H3. The minimum Gasteiger partial charge on any atom is -0.493 e. The van der Waals surface area contributed by atoms with Gasteiger partial charge in [0.05, 0.1) is 13.3 Å². The van der Waals surface area contributed by atoms with Gasteiger partial charge in [0, 0.05) is 11.1 Å². The monoisotopic (exact) mass is 294 g/mol. The van der Waals surface area contributed by atoms with Crippen molar-refractivity contribution in [1.29, 1.82) is 0 Å². The van der Waals surface area contributed by atoms with E-state index in [0.717, 1.165) is 0 Å². The van der Waals surface area contributed by atoms with Gasteiger partial charge in [0.1, 0.15) is 11.3 Å². The molecule has 1 atom stereocenters. The van der Waals surface area contributed by atoms with Gasteiger partial charge in [-0.05, 0) is 38.5 Å². The summed E-state index contributed by atoms with van der Waals surface area (Å²) in [5.74, 6) is 0.559. The van der Waals surface area contributed by atoms with Crippen molar-refractivity contribution in [3.8, 4) is 5.75 Å². The smallest absolute Gasteiger partial charge is 0.163 e. The molecule has 108 valence electrons. The van der Waals surface area contributed by atoms with Gasteiger partial charge < -0.3 is 9.84 Å². The second-order valence-corrected chi connectivity index (χ2v) is 5.62. The Morgan fingerprint density at radius 3 is 2.65 bits per heavy atom. The van der Waals surface area contributed by atoms with Gasteiger partial charge in [-0.3, -0.25) is 4.68 Å².